The average molecular weight is 358 g/mol. The van der Waals surface area contributed by atoms with E-state index < -0.39 is 43.1 Å². The molecule has 1 aromatic carbocycles. The summed E-state index contributed by atoms with van der Waals surface area (Å²) in [4.78, 5) is 24.1. The van der Waals surface area contributed by atoms with E-state index in [1.807, 2.05) is 32.0 Å². The van der Waals surface area contributed by atoms with Crippen LogP contribution < -0.4 is 5.32 Å². The molecule has 0 aliphatic carbocycles. The lowest BCUT2D eigenvalue weighted by Gasteiger charge is -2.19. The molecule has 2 amide bonds. The Balaban J connectivity index is 1.94. The normalized spacial score (nSPS) is 20.6. The summed E-state index contributed by atoms with van der Waals surface area (Å²) in [5.41, 5.74) is 3.25. The van der Waals surface area contributed by atoms with Crippen molar-refractivity contribution >= 4 is 12.0 Å². The van der Waals surface area contributed by atoms with Gasteiger partial charge in [0.25, 0.3) is 0 Å². The van der Waals surface area contributed by atoms with Gasteiger partial charge in [-0.05, 0) is 37.0 Å². The minimum Gasteiger partial charge on any atom is -0.481 e. The fraction of sp³-hybridized carbons (Fsp3) is 0.529. The van der Waals surface area contributed by atoms with Gasteiger partial charge in [-0.3, -0.25) is 4.79 Å². The van der Waals surface area contributed by atoms with Gasteiger partial charge in [0.2, 0.25) is 0 Å². The Kier molecular flexibility index (Phi) is 5.59. The van der Waals surface area contributed by atoms with E-state index >= 15 is 0 Å². The van der Waals surface area contributed by atoms with Gasteiger partial charge in [0, 0.05) is 19.6 Å². The molecule has 2 rings (SSSR count). The number of carboxylic acid groups (broad SMARTS) is 1. The van der Waals surface area contributed by atoms with Crippen molar-refractivity contribution in [1.29, 1.82) is 0 Å². The maximum absolute atomic E-state index is 12.9. The van der Waals surface area contributed by atoms with Gasteiger partial charge < -0.3 is 15.3 Å². The summed E-state index contributed by atoms with van der Waals surface area (Å²) in [7, 11) is 0. The molecule has 2 atom stereocenters. The number of hydrogen-bond donors (Lipinski definition) is 2. The van der Waals surface area contributed by atoms with Crippen LogP contribution in [-0.2, 0) is 11.2 Å². The molecule has 1 aliphatic heterocycles. The second-order valence-electron chi connectivity index (χ2n) is 6.35. The molecule has 0 unspecified atom stereocenters. The van der Waals surface area contributed by atoms with Gasteiger partial charge in [0.05, 0.1) is 11.8 Å². The Hall–Kier alpha value is -2.25. The van der Waals surface area contributed by atoms with E-state index in [1.165, 1.54) is 0 Å². The third kappa shape index (κ3) is 4.43. The number of aliphatic carboxylic acids is 1. The summed E-state index contributed by atoms with van der Waals surface area (Å²) in [6, 6.07) is 5.18. The number of carbonyl (C=O) groups excluding carboxylic acids is 1. The molecule has 1 aromatic rings. The molecule has 1 fully saturated rings. The number of carboxylic acids is 1. The van der Waals surface area contributed by atoms with Gasteiger partial charge in [-0.25, -0.2) is 4.79 Å². The number of alkyl halides is 3. The van der Waals surface area contributed by atoms with Crippen molar-refractivity contribution in [2.45, 2.75) is 26.4 Å². The lowest BCUT2D eigenvalue weighted by atomic mass is 9.96. The zero-order chi connectivity index (χ0) is 18.8. The lowest BCUT2D eigenvalue weighted by Crippen LogP contribution is -2.40. The van der Waals surface area contributed by atoms with E-state index in [0.717, 1.165) is 21.6 Å². The number of hydrogen-bond acceptors (Lipinski definition) is 2. The molecule has 0 spiro atoms. The van der Waals surface area contributed by atoms with Crippen LogP contribution in [0.25, 0.3) is 0 Å². The number of aryl methyl sites for hydroxylation is 2. The summed E-state index contributed by atoms with van der Waals surface area (Å²) in [6.07, 6.45) is -4.08. The van der Waals surface area contributed by atoms with Crippen molar-refractivity contribution in [2.75, 3.05) is 19.6 Å². The molecule has 5 nitrogen and oxygen atoms in total. The van der Waals surface area contributed by atoms with E-state index in [1.54, 1.807) is 0 Å². The van der Waals surface area contributed by atoms with Crippen LogP contribution in [0.15, 0.2) is 18.2 Å². The molecule has 1 aliphatic rings. The predicted molar refractivity (Wildman–Crippen MR) is 85.3 cm³/mol. The SMILES string of the molecule is Cc1cccc(C)c1CCNC(=O)N1C[C@@H](C(F)(F)F)[C@H](C(=O)O)C1. The summed E-state index contributed by atoms with van der Waals surface area (Å²) in [5.74, 6) is -5.19. The smallest absolute Gasteiger partial charge is 0.394 e. The molecular weight excluding hydrogens is 337 g/mol. The van der Waals surface area contributed by atoms with Gasteiger partial charge in [0.1, 0.15) is 0 Å². The molecule has 25 heavy (non-hydrogen) atoms. The number of nitrogens with zero attached hydrogens (tertiary/aromatic N) is 1. The third-order valence-electron chi connectivity index (χ3n) is 4.64. The molecule has 1 heterocycles. The van der Waals surface area contributed by atoms with Crippen LogP contribution in [0, 0.1) is 25.7 Å². The van der Waals surface area contributed by atoms with Gasteiger partial charge in [-0.15, -0.1) is 0 Å². The molecule has 0 aromatic heterocycles. The summed E-state index contributed by atoms with van der Waals surface area (Å²) in [6.45, 7) is 3.12. The lowest BCUT2D eigenvalue weighted by molar-refractivity contribution is -0.187. The monoisotopic (exact) mass is 358 g/mol. The number of likely N-dealkylation sites (tertiary alicyclic amines) is 1. The second-order valence-corrected chi connectivity index (χ2v) is 6.35. The van der Waals surface area contributed by atoms with Crippen molar-refractivity contribution < 1.29 is 27.9 Å². The molecule has 1 saturated heterocycles. The molecule has 0 saturated carbocycles. The number of benzene rings is 1. The zero-order valence-electron chi connectivity index (χ0n) is 14.1. The average Bonchev–Trinajstić information content (AvgIpc) is 2.96. The highest BCUT2D eigenvalue weighted by Crippen LogP contribution is 2.37. The number of rotatable bonds is 4. The highest BCUT2D eigenvalue weighted by molar-refractivity contribution is 5.77. The van der Waals surface area contributed by atoms with Crippen molar-refractivity contribution in [3.05, 3.63) is 34.9 Å². The van der Waals surface area contributed by atoms with Crippen molar-refractivity contribution in [3.63, 3.8) is 0 Å². The fourth-order valence-corrected chi connectivity index (χ4v) is 3.20. The Morgan fingerprint density at radius 3 is 2.32 bits per heavy atom. The molecule has 0 bridgehead atoms. The Labute approximate surface area is 143 Å². The Bertz CT molecular complexity index is 641. The molecule has 138 valence electrons. The number of amides is 2. The highest BCUT2D eigenvalue weighted by Gasteiger charge is 2.53. The van der Waals surface area contributed by atoms with Crippen molar-refractivity contribution in [1.82, 2.24) is 10.2 Å². The predicted octanol–water partition coefficient (Wildman–Crippen LogP) is 2.75. The van der Waals surface area contributed by atoms with E-state index in [9.17, 15) is 22.8 Å². The van der Waals surface area contributed by atoms with E-state index in [0.29, 0.717) is 6.42 Å². The first-order valence-corrected chi connectivity index (χ1v) is 7.98. The second kappa shape index (κ2) is 7.33. The molecular formula is C17H21F3N2O3. The van der Waals surface area contributed by atoms with Gasteiger partial charge in [-0.1, -0.05) is 18.2 Å². The highest BCUT2D eigenvalue weighted by atomic mass is 19.4. The number of halogens is 3. The Morgan fingerprint density at radius 1 is 1.24 bits per heavy atom. The third-order valence-corrected chi connectivity index (χ3v) is 4.64. The Morgan fingerprint density at radius 2 is 1.84 bits per heavy atom. The topological polar surface area (TPSA) is 69.6 Å². The molecule has 8 heteroatoms. The van der Waals surface area contributed by atoms with Gasteiger partial charge >= 0.3 is 18.2 Å². The standard InChI is InChI=1S/C17H21F3N2O3/c1-10-4-3-5-11(2)12(10)6-7-21-16(25)22-8-13(15(23)24)14(9-22)17(18,19)20/h3-5,13-14H,6-9H2,1-2H3,(H,21,25)(H,23,24)/t13-,14-/m1/s1. The minimum atomic E-state index is -4.64. The fourth-order valence-electron chi connectivity index (χ4n) is 3.20. The molecule has 2 N–H and O–H groups in total. The number of carbonyl (C=O) groups is 2. The van der Waals surface area contributed by atoms with Crippen LogP contribution >= 0.6 is 0 Å². The van der Waals surface area contributed by atoms with Crippen LogP contribution in [0.1, 0.15) is 16.7 Å². The first-order chi connectivity index (χ1) is 11.6. The van der Waals surface area contributed by atoms with Crippen LogP contribution in [0.3, 0.4) is 0 Å². The van der Waals surface area contributed by atoms with E-state index in [4.69, 9.17) is 5.11 Å². The summed E-state index contributed by atoms with van der Waals surface area (Å²) >= 11 is 0. The first kappa shape index (κ1) is 19.1. The van der Waals surface area contributed by atoms with Gasteiger partial charge in [-0.2, -0.15) is 13.2 Å². The maximum Gasteiger partial charge on any atom is 0.394 e. The van der Waals surface area contributed by atoms with Gasteiger partial charge in [0.15, 0.2) is 0 Å². The summed E-state index contributed by atoms with van der Waals surface area (Å²) in [5, 5.41) is 11.6. The van der Waals surface area contributed by atoms with Crippen molar-refractivity contribution in [3.8, 4) is 0 Å². The van der Waals surface area contributed by atoms with E-state index in [2.05, 4.69) is 5.32 Å². The maximum atomic E-state index is 12.9. The number of urea groups is 1. The first-order valence-electron chi connectivity index (χ1n) is 7.98. The largest absolute Gasteiger partial charge is 0.481 e. The van der Waals surface area contributed by atoms with Crippen LogP contribution in [0.4, 0.5) is 18.0 Å². The quantitative estimate of drug-likeness (QED) is 0.870. The van der Waals surface area contributed by atoms with Crippen LogP contribution in [-0.4, -0.2) is 47.8 Å². The zero-order valence-corrected chi connectivity index (χ0v) is 14.1. The summed E-state index contributed by atoms with van der Waals surface area (Å²) < 4.78 is 38.8. The van der Waals surface area contributed by atoms with Crippen LogP contribution in [0.5, 0.6) is 0 Å². The van der Waals surface area contributed by atoms with Crippen LogP contribution in [0.2, 0.25) is 0 Å². The van der Waals surface area contributed by atoms with E-state index in [-0.39, 0.29) is 6.54 Å². The molecule has 0 radical (unpaired) electrons. The van der Waals surface area contributed by atoms with Crippen molar-refractivity contribution in [2.24, 2.45) is 11.8 Å². The number of nitrogens with one attached hydrogen (secondary N) is 1. The minimum absolute atomic E-state index is 0.273.